The standard InChI is InChI=1S/C38H35O8P/c1-36(2)39-22-30(41-36)33-38(25-14-6-5-7-15-25,34-35(40-33)43-37(3,4)42-34)46-47-44-28-20-18-23-12-8-10-16-26(23)31(28)32-27-17-11-9-13-24(27)19-21-29(32)45-47/h5-21,30,33-35H,22H2,1-4H3/t30-,33-,34+,35-,38-/m1/s1. The molecule has 9 heteroatoms. The maximum Gasteiger partial charge on any atom is 0.388 e. The number of fused-ring (bicyclic) bond motifs is 8. The van der Waals surface area contributed by atoms with Crippen LogP contribution in [0.2, 0.25) is 0 Å². The third-order valence-electron chi connectivity index (χ3n) is 9.38. The molecule has 0 N–H and O–H groups in total. The van der Waals surface area contributed by atoms with Crippen molar-refractivity contribution >= 4 is 51.7 Å². The summed E-state index contributed by atoms with van der Waals surface area (Å²) in [6.45, 7) is 7.86. The van der Waals surface area contributed by atoms with Gasteiger partial charge in [-0.3, -0.25) is 4.52 Å². The molecule has 3 fully saturated rings. The molecule has 8 nitrogen and oxygen atoms in total. The van der Waals surface area contributed by atoms with Crippen molar-refractivity contribution < 1.29 is 36.6 Å². The minimum atomic E-state index is -2.10. The van der Waals surface area contributed by atoms with Crippen molar-refractivity contribution in [3.8, 4) is 0 Å². The van der Waals surface area contributed by atoms with Crippen molar-refractivity contribution in [2.24, 2.45) is 0 Å². The Morgan fingerprint density at radius 2 is 1.21 bits per heavy atom. The van der Waals surface area contributed by atoms with Crippen LogP contribution in [-0.2, 0) is 29.3 Å². The fraction of sp³-hybridized carbons (Fsp3) is 0.316. The second kappa shape index (κ2) is 10.6. The van der Waals surface area contributed by atoms with Gasteiger partial charge in [-0.15, -0.1) is 0 Å². The maximum absolute atomic E-state index is 7.30. The van der Waals surface area contributed by atoms with E-state index in [1.165, 1.54) is 0 Å². The van der Waals surface area contributed by atoms with Crippen LogP contribution in [0.15, 0.2) is 112 Å². The molecule has 1 aromatic heterocycles. The lowest BCUT2D eigenvalue weighted by molar-refractivity contribution is -0.242. The zero-order valence-corrected chi connectivity index (χ0v) is 27.4. The van der Waals surface area contributed by atoms with Crippen LogP contribution in [0.25, 0.3) is 43.5 Å². The number of rotatable bonds is 4. The van der Waals surface area contributed by atoms with E-state index in [9.17, 15) is 0 Å². The van der Waals surface area contributed by atoms with Crippen LogP contribution in [-0.4, -0.2) is 42.8 Å². The van der Waals surface area contributed by atoms with E-state index in [0.717, 1.165) is 37.9 Å². The minimum Gasteiger partial charge on any atom is -0.399 e. The first kappa shape index (κ1) is 29.4. The first-order chi connectivity index (χ1) is 22.7. The van der Waals surface area contributed by atoms with Gasteiger partial charge in [0.15, 0.2) is 23.5 Å². The lowest BCUT2D eigenvalue weighted by Gasteiger charge is -2.38. The summed E-state index contributed by atoms with van der Waals surface area (Å²) in [6, 6.07) is 34.8. The van der Waals surface area contributed by atoms with Crippen LogP contribution < -0.4 is 4.52 Å². The monoisotopic (exact) mass is 650 g/mol. The van der Waals surface area contributed by atoms with Crippen molar-refractivity contribution in [2.45, 2.75) is 69.5 Å². The molecule has 3 aliphatic rings. The number of hydrogen-bond donors (Lipinski definition) is 0. The minimum absolute atomic E-state index is 0.307. The highest BCUT2D eigenvalue weighted by Gasteiger charge is 2.69. The molecule has 4 heterocycles. The van der Waals surface area contributed by atoms with Crippen molar-refractivity contribution in [1.29, 1.82) is 0 Å². The molecule has 0 spiro atoms. The summed E-state index contributed by atoms with van der Waals surface area (Å²) in [6.07, 6.45) is -2.55. The van der Waals surface area contributed by atoms with Crippen LogP contribution in [0.5, 0.6) is 0 Å². The molecular weight excluding hydrogens is 615 g/mol. The van der Waals surface area contributed by atoms with Crippen molar-refractivity contribution in [3.63, 3.8) is 0 Å². The molecule has 47 heavy (non-hydrogen) atoms. The Kier molecular flexibility index (Phi) is 6.66. The molecule has 0 unspecified atom stereocenters. The largest absolute Gasteiger partial charge is 0.399 e. The molecule has 3 aliphatic heterocycles. The molecule has 3 saturated heterocycles. The topological polar surface area (TPSA) is 81.7 Å². The van der Waals surface area contributed by atoms with Gasteiger partial charge in [0.05, 0.1) is 6.61 Å². The second-order valence-corrected chi connectivity index (χ2v) is 14.3. The van der Waals surface area contributed by atoms with Gasteiger partial charge in [-0.05, 0) is 66.9 Å². The third kappa shape index (κ3) is 4.74. The number of ether oxygens (including phenoxy) is 5. The van der Waals surface area contributed by atoms with Gasteiger partial charge in [-0.2, -0.15) is 0 Å². The van der Waals surface area contributed by atoms with E-state index in [1.807, 2.05) is 94.4 Å². The molecule has 6 aromatic rings. The molecular formula is C38H35O8P. The second-order valence-electron chi connectivity index (χ2n) is 13.3. The first-order valence-corrected chi connectivity index (χ1v) is 17.1. The quantitative estimate of drug-likeness (QED) is 0.187. The summed E-state index contributed by atoms with van der Waals surface area (Å²) >= 11 is 0. The predicted molar refractivity (Wildman–Crippen MR) is 180 cm³/mol. The van der Waals surface area contributed by atoms with Crippen molar-refractivity contribution in [3.05, 3.63) is 109 Å². The molecule has 240 valence electrons. The van der Waals surface area contributed by atoms with E-state index in [-0.39, 0.29) is 0 Å². The Labute approximate surface area is 272 Å². The van der Waals surface area contributed by atoms with Crippen LogP contribution in [0, 0.1) is 0 Å². The van der Waals surface area contributed by atoms with Crippen LogP contribution >= 0.6 is 8.24 Å². The van der Waals surface area contributed by atoms with Crippen molar-refractivity contribution in [2.75, 3.05) is 6.61 Å². The lowest BCUT2D eigenvalue weighted by Crippen LogP contribution is -2.55. The normalized spacial score (nSPS) is 28.0. The van der Waals surface area contributed by atoms with Gasteiger partial charge in [-0.1, -0.05) is 91.0 Å². The van der Waals surface area contributed by atoms with Gasteiger partial charge >= 0.3 is 8.24 Å². The van der Waals surface area contributed by atoms with Gasteiger partial charge < -0.3 is 32.1 Å². The summed E-state index contributed by atoms with van der Waals surface area (Å²) < 4.78 is 53.2. The van der Waals surface area contributed by atoms with E-state index >= 15 is 0 Å². The summed E-state index contributed by atoms with van der Waals surface area (Å²) in [5.74, 6) is -1.71. The average molecular weight is 651 g/mol. The van der Waals surface area contributed by atoms with E-state index in [1.54, 1.807) is 0 Å². The van der Waals surface area contributed by atoms with Crippen molar-refractivity contribution in [1.82, 2.24) is 0 Å². The Bertz CT molecular complexity index is 2100. The Morgan fingerprint density at radius 3 is 1.81 bits per heavy atom. The van der Waals surface area contributed by atoms with Crippen LogP contribution in [0.3, 0.4) is 0 Å². The molecule has 0 amide bonds. The zero-order valence-electron chi connectivity index (χ0n) is 26.5. The van der Waals surface area contributed by atoms with E-state index in [0.29, 0.717) is 17.8 Å². The Balaban J connectivity index is 1.33. The van der Waals surface area contributed by atoms with Crippen LogP contribution in [0.1, 0.15) is 33.3 Å². The summed E-state index contributed by atoms with van der Waals surface area (Å²) in [5, 5.41) is 6.27. The Morgan fingerprint density at radius 1 is 0.617 bits per heavy atom. The number of benzene rings is 5. The molecule has 0 aliphatic carbocycles. The van der Waals surface area contributed by atoms with E-state index < -0.39 is 50.0 Å². The first-order valence-electron chi connectivity index (χ1n) is 16.0. The highest BCUT2D eigenvalue weighted by molar-refractivity contribution is 7.31. The van der Waals surface area contributed by atoms with Gasteiger partial charge in [0, 0.05) is 10.8 Å². The fourth-order valence-corrected chi connectivity index (χ4v) is 8.75. The van der Waals surface area contributed by atoms with Gasteiger partial charge in [0.1, 0.15) is 29.5 Å². The fourth-order valence-electron chi connectivity index (χ4n) is 7.45. The van der Waals surface area contributed by atoms with Gasteiger partial charge in [0.25, 0.3) is 0 Å². The average Bonchev–Trinajstić information content (AvgIpc) is 3.64. The molecule has 0 saturated carbocycles. The highest BCUT2D eigenvalue weighted by Crippen LogP contribution is 2.55. The number of hydrogen-bond acceptors (Lipinski definition) is 8. The summed E-state index contributed by atoms with van der Waals surface area (Å²) in [4.78, 5) is 0. The predicted octanol–water partition coefficient (Wildman–Crippen LogP) is 8.95. The Hall–Kier alpha value is -3.72. The molecule has 9 rings (SSSR count). The molecule has 0 bridgehead atoms. The summed E-state index contributed by atoms with van der Waals surface area (Å²) in [5.41, 5.74) is 0.929. The molecule has 5 atom stereocenters. The third-order valence-corrected chi connectivity index (χ3v) is 10.5. The van der Waals surface area contributed by atoms with Gasteiger partial charge in [-0.25, -0.2) is 0 Å². The van der Waals surface area contributed by atoms with Gasteiger partial charge in [0.2, 0.25) is 0 Å². The zero-order chi connectivity index (χ0) is 32.0. The maximum atomic E-state index is 7.30. The SMILES string of the molecule is CC1(C)OC[C@H]([C@H]2O[C@@H]3OC(C)(C)O[C@@H]3[C@@]2(Op2oc3ccc4ccccc4c3c3c(ccc4ccccc43)o2)c2ccccc2)O1. The molecule has 5 aromatic carbocycles. The van der Waals surface area contributed by atoms with E-state index in [4.69, 9.17) is 36.6 Å². The summed E-state index contributed by atoms with van der Waals surface area (Å²) in [7, 11) is -2.10. The lowest BCUT2D eigenvalue weighted by atomic mass is 9.82. The van der Waals surface area contributed by atoms with Crippen LogP contribution in [0.4, 0.5) is 0 Å². The highest BCUT2D eigenvalue weighted by atomic mass is 31.1. The molecule has 0 radical (unpaired) electrons. The van der Waals surface area contributed by atoms with E-state index in [2.05, 4.69) is 36.4 Å². The smallest absolute Gasteiger partial charge is 0.388 e.